The van der Waals surface area contributed by atoms with Gasteiger partial charge in [0.2, 0.25) is 11.8 Å². The lowest BCUT2D eigenvalue weighted by Gasteiger charge is -2.04. The van der Waals surface area contributed by atoms with Crippen molar-refractivity contribution in [2.24, 2.45) is 0 Å². The lowest BCUT2D eigenvalue weighted by atomic mass is 10.1. The molecule has 1 amide bonds. The molecule has 146 valence electrons. The van der Waals surface area contributed by atoms with Crippen LogP contribution in [0.5, 0.6) is 11.5 Å². The summed E-state index contributed by atoms with van der Waals surface area (Å²) in [6.07, 6.45) is 0.777. The largest absolute Gasteiger partial charge is 0.457 e. The van der Waals surface area contributed by atoms with Gasteiger partial charge in [0.05, 0.1) is 0 Å². The number of rotatable bonds is 6. The third-order valence-corrected chi connectivity index (χ3v) is 4.65. The Hall–Kier alpha value is -3.31. The van der Waals surface area contributed by atoms with E-state index < -0.39 is 0 Å². The van der Waals surface area contributed by atoms with Gasteiger partial charge in [-0.15, -0.1) is 0 Å². The highest BCUT2D eigenvalue weighted by Gasteiger charge is 2.10. The number of carbonyl (C=O) groups is 1. The summed E-state index contributed by atoms with van der Waals surface area (Å²) in [5, 5.41) is 3.46. The molecule has 6 heteroatoms. The van der Waals surface area contributed by atoms with Crippen molar-refractivity contribution in [3.63, 3.8) is 0 Å². The predicted octanol–water partition coefficient (Wildman–Crippen LogP) is 5.62. The first-order valence-electron chi connectivity index (χ1n) is 9.24. The van der Waals surface area contributed by atoms with Gasteiger partial charge in [0.25, 0.3) is 0 Å². The zero-order chi connectivity index (χ0) is 20.2. The number of fused-ring (bicyclic) bond motifs is 1. The summed E-state index contributed by atoms with van der Waals surface area (Å²) >= 11 is 5.91. The van der Waals surface area contributed by atoms with Crippen molar-refractivity contribution in [1.29, 1.82) is 0 Å². The molecule has 0 saturated heterocycles. The van der Waals surface area contributed by atoms with Crippen molar-refractivity contribution >= 4 is 28.6 Å². The molecule has 5 nitrogen and oxygen atoms in total. The Kier molecular flexibility index (Phi) is 5.49. The fraction of sp³-hybridized carbons (Fsp3) is 0.130. The van der Waals surface area contributed by atoms with Gasteiger partial charge in [-0.1, -0.05) is 23.7 Å². The average Bonchev–Trinajstić information content (AvgIpc) is 3.13. The predicted molar refractivity (Wildman–Crippen MR) is 113 cm³/mol. The maximum Gasteiger partial charge on any atom is 0.227 e. The highest BCUT2D eigenvalue weighted by Crippen LogP contribution is 2.30. The van der Waals surface area contributed by atoms with E-state index in [1.54, 1.807) is 12.1 Å². The molecule has 0 fully saturated rings. The van der Waals surface area contributed by atoms with Crippen LogP contribution < -0.4 is 10.1 Å². The van der Waals surface area contributed by atoms with Crippen LogP contribution in [0, 0.1) is 0 Å². The highest BCUT2D eigenvalue weighted by atomic mass is 35.5. The maximum atomic E-state index is 11.0. The third-order valence-electron chi connectivity index (χ3n) is 4.40. The van der Waals surface area contributed by atoms with Crippen LogP contribution in [0.15, 0.2) is 71.1 Å². The minimum absolute atomic E-state index is 0.0208. The standard InChI is InChI=1S/C23H19ClN2O3/c1-15(27)25-13-12-16-2-4-17(5-3-16)23-26-21-11-10-20(14-22(21)29-23)28-19-8-6-18(24)7-9-19/h2-11,14H,12-13H2,1H3,(H,25,27). The van der Waals surface area contributed by atoms with Gasteiger partial charge in [0, 0.05) is 30.1 Å². The van der Waals surface area contributed by atoms with Gasteiger partial charge in [0.15, 0.2) is 5.58 Å². The number of hydrogen-bond acceptors (Lipinski definition) is 4. The van der Waals surface area contributed by atoms with Crippen molar-refractivity contribution in [1.82, 2.24) is 10.3 Å². The molecule has 0 spiro atoms. The van der Waals surface area contributed by atoms with Gasteiger partial charge >= 0.3 is 0 Å². The number of nitrogens with zero attached hydrogens (tertiary/aromatic N) is 1. The average molecular weight is 407 g/mol. The quantitative estimate of drug-likeness (QED) is 0.451. The number of nitrogens with one attached hydrogen (secondary N) is 1. The highest BCUT2D eigenvalue weighted by molar-refractivity contribution is 6.30. The molecule has 0 aliphatic carbocycles. The van der Waals surface area contributed by atoms with E-state index in [-0.39, 0.29) is 5.91 Å². The van der Waals surface area contributed by atoms with Gasteiger partial charge < -0.3 is 14.5 Å². The van der Waals surface area contributed by atoms with Crippen molar-refractivity contribution in [2.75, 3.05) is 6.54 Å². The van der Waals surface area contributed by atoms with Crippen molar-refractivity contribution in [2.45, 2.75) is 13.3 Å². The Morgan fingerprint density at radius 3 is 2.48 bits per heavy atom. The summed E-state index contributed by atoms with van der Waals surface area (Å²) in [6.45, 7) is 2.14. The number of hydrogen-bond donors (Lipinski definition) is 1. The van der Waals surface area contributed by atoms with Gasteiger partial charge in [-0.2, -0.15) is 0 Å². The zero-order valence-corrected chi connectivity index (χ0v) is 16.6. The Bertz CT molecular complexity index is 1140. The SMILES string of the molecule is CC(=O)NCCc1ccc(-c2nc3ccc(Oc4ccc(Cl)cc4)cc3o2)cc1. The number of carbonyl (C=O) groups excluding carboxylic acids is 1. The molecule has 0 bridgehead atoms. The lowest BCUT2D eigenvalue weighted by Crippen LogP contribution is -2.22. The molecule has 0 atom stereocenters. The van der Waals surface area contributed by atoms with Crippen molar-refractivity contribution in [3.8, 4) is 23.0 Å². The maximum absolute atomic E-state index is 11.0. The summed E-state index contributed by atoms with van der Waals surface area (Å²) in [4.78, 5) is 15.5. The molecule has 0 aliphatic heterocycles. The molecule has 1 aromatic heterocycles. The van der Waals surface area contributed by atoms with Crippen LogP contribution in [0.25, 0.3) is 22.6 Å². The lowest BCUT2D eigenvalue weighted by molar-refractivity contribution is -0.118. The molecule has 0 unspecified atom stereocenters. The van der Waals surface area contributed by atoms with Crippen molar-refractivity contribution in [3.05, 3.63) is 77.3 Å². The second-order valence-electron chi connectivity index (χ2n) is 6.63. The molecule has 0 radical (unpaired) electrons. The minimum atomic E-state index is -0.0208. The summed E-state index contributed by atoms with van der Waals surface area (Å²) in [5.74, 6) is 1.89. The van der Waals surface area contributed by atoms with E-state index in [0.29, 0.717) is 34.5 Å². The summed E-state index contributed by atoms with van der Waals surface area (Å²) in [7, 11) is 0. The van der Waals surface area contributed by atoms with Gasteiger partial charge in [-0.05, 0) is 60.5 Å². The Labute approximate surface area is 173 Å². The van der Waals surface area contributed by atoms with E-state index in [4.69, 9.17) is 20.8 Å². The van der Waals surface area contributed by atoms with E-state index >= 15 is 0 Å². The second kappa shape index (κ2) is 8.37. The summed E-state index contributed by atoms with van der Waals surface area (Å²) < 4.78 is 11.8. The Balaban J connectivity index is 1.49. The Morgan fingerprint density at radius 2 is 1.76 bits per heavy atom. The monoisotopic (exact) mass is 406 g/mol. The van der Waals surface area contributed by atoms with Gasteiger partial charge in [-0.3, -0.25) is 4.79 Å². The molecule has 29 heavy (non-hydrogen) atoms. The van der Waals surface area contributed by atoms with E-state index in [0.717, 1.165) is 23.1 Å². The van der Waals surface area contributed by atoms with Gasteiger partial charge in [-0.25, -0.2) is 4.98 Å². The molecular formula is C23H19ClN2O3. The molecule has 0 saturated carbocycles. The van der Waals surface area contributed by atoms with Crippen LogP contribution >= 0.6 is 11.6 Å². The molecule has 3 aromatic carbocycles. The molecule has 1 heterocycles. The van der Waals surface area contributed by atoms with Crippen LogP contribution in [0.4, 0.5) is 0 Å². The fourth-order valence-electron chi connectivity index (χ4n) is 2.93. The molecular weight excluding hydrogens is 388 g/mol. The van der Waals surface area contributed by atoms with Crippen LogP contribution in [0.1, 0.15) is 12.5 Å². The van der Waals surface area contributed by atoms with Crippen LogP contribution in [-0.2, 0) is 11.2 Å². The number of oxazole rings is 1. The normalized spacial score (nSPS) is 10.8. The summed E-state index contributed by atoms with van der Waals surface area (Å²) in [5.41, 5.74) is 3.45. The minimum Gasteiger partial charge on any atom is -0.457 e. The zero-order valence-electron chi connectivity index (χ0n) is 15.8. The van der Waals surface area contributed by atoms with Crippen LogP contribution in [0.3, 0.4) is 0 Å². The first kappa shape index (κ1) is 19.0. The number of benzene rings is 3. The van der Waals surface area contributed by atoms with Crippen LogP contribution in [-0.4, -0.2) is 17.4 Å². The number of aromatic nitrogens is 1. The molecule has 0 aliphatic rings. The van der Waals surface area contributed by atoms with E-state index in [1.165, 1.54) is 6.92 Å². The first-order chi connectivity index (χ1) is 14.1. The van der Waals surface area contributed by atoms with E-state index in [2.05, 4.69) is 10.3 Å². The van der Waals surface area contributed by atoms with Crippen molar-refractivity contribution < 1.29 is 13.9 Å². The number of ether oxygens (including phenoxy) is 1. The smallest absolute Gasteiger partial charge is 0.227 e. The molecule has 4 aromatic rings. The number of amides is 1. The van der Waals surface area contributed by atoms with Gasteiger partial charge in [0.1, 0.15) is 17.0 Å². The summed E-state index contributed by atoms with van der Waals surface area (Å²) in [6, 6.07) is 20.7. The van der Waals surface area contributed by atoms with E-state index in [1.807, 2.05) is 54.6 Å². The second-order valence-corrected chi connectivity index (χ2v) is 7.07. The third kappa shape index (κ3) is 4.76. The topological polar surface area (TPSA) is 64.4 Å². The molecule has 1 N–H and O–H groups in total. The number of halogens is 1. The molecule has 4 rings (SSSR count). The first-order valence-corrected chi connectivity index (χ1v) is 9.62. The van der Waals surface area contributed by atoms with Crippen LogP contribution in [0.2, 0.25) is 5.02 Å². The fourth-order valence-corrected chi connectivity index (χ4v) is 3.05. The van der Waals surface area contributed by atoms with E-state index in [9.17, 15) is 4.79 Å². The Morgan fingerprint density at radius 1 is 1.03 bits per heavy atom.